The fourth-order valence-electron chi connectivity index (χ4n) is 4.21. The number of hydrogen-bond donors (Lipinski definition) is 1. The second-order valence-corrected chi connectivity index (χ2v) is 9.34. The summed E-state index contributed by atoms with van der Waals surface area (Å²) in [5, 5.41) is 10.6. The highest BCUT2D eigenvalue weighted by Crippen LogP contribution is 2.44. The Balaban J connectivity index is 1.98. The number of halogens is 2. The standard InChI is InChI=1S/C25H24Cl2O/c1-16-6-11-20-18(14-16)4-3-5-22(21-12-13-25(2,27)15-23(21)26)24(20)17-7-9-19(28)10-8-17/h6-14,28H,3-5,15H2,1-2H3. The Morgan fingerprint density at radius 1 is 1.04 bits per heavy atom. The topological polar surface area (TPSA) is 20.2 Å². The lowest BCUT2D eigenvalue weighted by atomic mass is 9.84. The molecule has 28 heavy (non-hydrogen) atoms. The summed E-state index contributed by atoms with van der Waals surface area (Å²) < 4.78 is 0. The largest absolute Gasteiger partial charge is 0.508 e. The third kappa shape index (κ3) is 3.79. The molecule has 0 aliphatic heterocycles. The molecule has 1 atom stereocenters. The highest BCUT2D eigenvalue weighted by atomic mass is 35.5. The van der Waals surface area contributed by atoms with Crippen LogP contribution in [0.2, 0.25) is 0 Å². The maximum absolute atomic E-state index is 9.78. The van der Waals surface area contributed by atoms with Crippen LogP contribution in [0.25, 0.3) is 5.57 Å². The Kier molecular flexibility index (Phi) is 5.16. The van der Waals surface area contributed by atoms with E-state index in [0.29, 0.717) is 6.42 Å². The van der Waals surface area contributed by atoms with Crippen LogP contribution in [0.4, 0.5) is 0 Å². The maximum Gasteiger partial charge on any atom is 0.115 e. The van der Waals surface area contributed by atoms with Gasteiger partial charge in [-0.2, -0.15) is 0 Å². The number of phenolic OH excluding ortho intramolecular Hbond substituents is 1. The summed E-state index contributed by atoms with van der Waals surface area (Å²) in [5.74, 6) is 0.274. The van der Waals surface area contributed by atoms with E-state index in [1.165, 1.54) is 27.8 Å². The molecular weight excluding hydrogens is 387 g/mol. The number of phenols is 1. The summed E-state index contributed by atoms with van der Waals surface area (Å²) in [7, 11) is 0. The second-order valence-electron chi connectivity index (χ2n) is 8.02. The zero-order chi connectivity index (χ0) is 19.9. The summed E-state index contributed by atoms with van der Waals surface area (Å²) in [4.78, 5) is -0.431. The van der Waals surface area contributed by atoms with Crippen molar-refractivity contribution in [1.82, 2.24) is 0 Å². The molecule has 0 aromatic heterocycles. The molecular formula is C25H24Cl2O. The molecule has 2 aromatic rings. The lowest BCUT2D eigenvalue weighted by Crippen LogP contribution is -2.17. The van der Waals surface area contributed by atoms with Crippen LogP contribution in [-0.2, 0) is 6.42 Å². The number of hydrogen-bond acceptors (Lipinski definition) is 1. The third-order valence-electron chi connectivity index (χ3n) is 5.58. The van der Waals surface area contributed by atoms with E-state index in [1.807, 2.05) is 19.1 Å². The minimum atomic E-state index is -0.431. The van der Waals surface area contributed by atoms with Gasteiger partial charge in [0.1, 0.15) is 5.75 Å². The first-order valence-corrected chi connectivity index (χ1v) is 10.5. The molecule has 0 saturated heterocycles. The highest BCUT2D eigenvalue weighted by molar-refractivity contribution is 6.33. The van der Waals surface area contributed by atoms with Crippen LogP contribution < -0.4 is 0 Å². The first-order chi connectivity index (χ1) is 13.3. The van der Waals surface area contributed by atoms with E-state index in [9.17, 15) is 5.11 Å². The van der Waals surface area contributed by atoms with Crippen molar-refractivity contribution in [3.05, 3.63) is 93.0 Å². The van der Waals surface area contributed by atoms with E-state index in [-0.39, 0.29) is 5.75 Å². The lowest BCUT2D eigenvalue weighted by molar-refractivity contribution is 0.475. The SMILES string of the molecule is Cc1ccc2c(c1)CCCC(C1=C(Cl)CC(C)(Cl)C=C1)=C2c1ccc(O)cc1. The molecule has 2 aliphatic carbocycles. The summed E-state index contributed by atoms with van der Waals surface area (Å²) in [6.07, 6.45) is 7.86. The average molecular weight is 411 g/mol. The molecule has 0 spiro atoms. The molecule has 4 rings (SSSR count). The van der Waals surface area contributed by atoms with Gasteiger partial charge in [-0.3, -0.25) is 0 Å². The predicted molar refractivity (Wildman–Crippen MR) is 119 cm³/mol. The number of rotatable bonds is 2. The molecule has 0 radical (unpaired) electrons. The van der Waals surface area contributed by atoms with Crippen molar-refractivity contribution in [3.63, 3.8) is 0 Å². The van der Waals surface area contributed by atoms with Crippen molar-refractivity contribution in [2.24, 2.45) is 0 Å². The molecule has 0 bridgehead atoms. The van der Waals surface area contributed by atoms with E-state index < -0.39 is 4.87 Å². The van der Waals surface area contributed by atoms with Crippen molar-refractivity contribution in [2.75, 3.05) is 0 Å². The highest BCUT2D eigenvalue weighted by Gasteiger charge is 2.28. The monoisotopic (exact) mass is 410 g/mol. The van der Waals surface area contributed by atoms with Crippen LogP contribution in [0, 0.1) is 6.92 Å². The molecule has 0 heterocycles. The number of alkyl halides is 1. The number of benzene rings is 2. The van der Waals surface area contributed by atoms with E-state index in [2.05, 4.69) is 37.3 Å². The van der Waals surface area contributed by atoms with Crippen LogP contribution in [0.3, 0.4) is 0 Å². The Labute approximate surface area is 177 Å². The van der Waals surface area contributed by atoms with Crippen molar-refractivity contribution in [2.45, 2.75) is 44.4 Å². The molecule has 0 fully saturated rings. The van der Waals surface area contributed by atoms with Gasteiger partial charge in [0.25, 0.3) is 0 Å². The lowest BCUT2D eigenvalue weighted by Gasteiger charge is -2.26. The van der Waals surface area contributed by atoms with Crippen LogP contribution >= 0.6 is 23.2 Å². The van der Waals surface area contributed by atoms with Gasteiger partial charge in [0.2, 0.25) is 0 Å². The smallest absolute Gasteiger partial charge is 0.115 e. The van der Waals surface area contributed by atoms with Crippen molar-refractivity contribution >= 4 is 28.8 Å². The fourth-order valence-corrected chi connectivity index (χ4v) is 4.93. The van der Waals surface area contributed by atoms with Gasteiger partial charge in [-0.05, 0) is 78.7 Å². The van der Waals surface area contributed by atoms with E-state index in [1.54, 1.807) is 12.1 Å². The summed E-state index contributed by atoms with van der Waals surface area (Å²) in [5.41, 5.74) is 8.58. The Hall–Kier alpha value is -1.96. The molecule has 2 aliphatic rings. The molecule has 3 heteroatoms. The zero-order valence-corrected chi connectivity index (χ0v) is 17.7. The minimum Gasteiger partial charge on any atom is -0.508 e. The van der Waals surface area contributed by atoms with E-state index in [0.717, 1.165) is 35.4 Å². The third-order valence-corrected chi connectivity index (χ3v) is 6.17. The molecule has 1 nitrogen and oxygen atoms in total. The van der Waals surface area contributed by atoms with Crippen molar-refractivity contribution in [1.29, 1.82) is 0 Å². The molecule has 0 amide bonds. The van der Waals surface area contributed by atoms with Gasteiger partial charge in [0.05, 0.1) is 4.87 Å². The van der Waals surface area contributed by atoms with Crippen LogP contribution in [0.1, 0.15) is 48.4 Å². The second kappa shape index (κ2) is 7.46. The summed E-state index contributed by atoms with van der Waals surface area (Å²) in [6.45, 7) is 4.13. The van der Waals surface area contributed by atoms with Gasteiger partial charge in [-0.15, -0.1) is 11.6 Å². The molecule has 1 N–H and O–H groups in total. The summed E-state index contributed by atoms with van der Waals surface area (Å²) in [6, 6.07) is 14.2. The summed E-state index contributed by atoms with van der Waals surface area (Å²) >= 11 is 13.3. The number of aromatic hydroxyl groups is 1. The predicted octanol–water partition coefficient (Wildman–Crippen LogP) is 7.29. The van der Waals surface area contributed by atoms with Gasteiger partial charge in [0.15, 0.2) is 0 Å². The van der Waals surface area contributed by atoms with E-state index >= 15 is 0 Å². The van der Waals surface area contributed by atoms with Crippen LogP contribution in [-0.4, -0.2) is 9.98 Å². The van der Waals surface area contributed by atoms with Gasteiger partial charge < -0.3 is 5.11 Å². The number of allylic oxidation sites excluding steroid dienone is 5. The van der Waals surface area contributed by atoms with Gasteiger partial charge in [-0.1, -0.05) is 59.6 Å². The molecule has 2 aromatic carbocycles. The van der Waals surface area contributed by atoms with Crippen molar-refractivity contribution in [3.8, 4) is 5.75 Å². The molecule has 0 saturated carbocycles. The van der Waals surface area contributed by atoms with Crippen molar-refractivity contribution < 1.29 is 5.11 Å². The quantitative estimate of drug-likeness (QED) is 0.515. The van der Waals surface area contributed by atoms with Gasteiger partial charge in [-0.25, -0.2) is 0 Å². The number of aryl methyl sites for hydroxylation is 2. The van der Waals surface area contributed by atoms with E-state index in [4.69, 9.17) is 23.2 Å². The Morgan fingerprint density at radius 2 is 1.79 bits per heavy atom. The number of fused-ring (bicyclic) bond motifs is 1. The van der Waals surface area contributed by atoms with Gasteiger partial charge >= 0.3 is 0 Å². The fraction of sp³-hybridized carbons (Fsp3) is 0.280. The first kappa shape index (κ1) is 19.4. The average Bonchev–Trinajstić information content (AvgIpc) is 2.81. The normalized spacial score (nSPS) is 22.3. The minimum absolute atomic E-state index is 0.274. The Morgan fingerprint density at radius 3 is 2.50 bits per heavy atom. The molecule has 144 valence electrons. The maximum atomic E-state index is 9.78. The van der Waals surface area contributed by atoms with Crippen LogP contribution in [0.5, 0.6) is 5.75 Å². The van der Waals surface area contributed by atoms with Gasteiger partial charge in [0, 0.05) is 11.5 Å². The van der Waals surface area contributed by atoms with Crippen LogP contribution in [0.15, 0.2) is 70.8 Å². The Bertz CT molecular complexity index is 1010. The first-order valence-electron chi connectivity index (χ1n) is 9.74. The zero-order valence-electron chi connectivity index (χ0n) is 16.2. The molecule has 1 unspecified atom stereocenters.